The molecule has 8 heteroatoms. The molecule has 16 heavy (non-hydrogen) atoms. The molecular weight excluding hydrogens is 479 g/mol. The number of aliphatic hydroxyl groups is 1. The topological polar surface area (TPSA) is 75.6 Å². The molecule has 0 spiro atoms. The summed E-state index contributed by atoms with van der Waals surface area (Å²) >= 11 is 4.74. The van der Waals surface area contributed by atoms with Gasteiger partial charge in [0.05, 0.1) is 12.0 Å². The van der Waals surface area contributed by atoms with E-state index in [1.54, 1.807) is 6.92 Å². The molecule has 5 nitrogen and oxygen atoms in total. The van der Waals surface area contributed by atoms with Crippen molar-refractivity contribution in [2.45, 2.75) is 31.6 Å². The van der Waals surface area contributed by atoms with Crippen LogP contribution in [0.25, 0.3) is 0 Å². The van der Waals surface area contributed by atoms with Gasteiger partial charge in [-0.15, -0.1) is 0 Å². The second kappa shape index (κ2) is 5.72. The summed E-state index contributed by atoms with van der Waals surface area (Å²) in [7, 11) is 0.628. The van der Waals surface area contributed by atoms with E-state index in [4.69, 9.17) is 4.74 Å². The molecule has 0 aromatic heterocycles. The van der Waals surface area contributed by atoms with Crippen LogP contribution in [0.1, 0.15) is 13.8 Å². The Morgan fingerprint density at radius 3 is 2.31 bits per heavy atom. The Bertz CT molecular complexity index is 314. The van der Waals surface area contributed by atoms with Crippen LogP contribution >= 0.6 is 40.0 Å². The first kappa shape index (κ1) is 15.0. The van der Waals surface area contributed by atoms with E-state index < -0.39 is 23.7 Å². The summed E-state index contributed by atoms with van der Waals surface area (Å²) in [5.74, 6) is -1.14. The predicted octanol–water partition coefficient (Wildman–Crippen LogP) is 0.566. The number of hydrogen-bond donors (Lipinski definition) is 2. The minimum atomic E-state index is -1.17. The standard InChI is InChI=1S/C8H11NO4.2HI.V/c1-3-5-8(4(2)10,7(12)13-5)9-6(3)11;;;/h3-5,10H,1-2H3,(H,9,11);2*1H;/q;;;+2/p-2/t3-,4?,5+,8-;;;/m1.../s1. The van der Waals surface area contributed by atoms with Crippen molar-refractivity contribution >= 4 is 51.8 Å². The van der Waals surface area contributed by atoms with E-state index in [1.807, 2.05) is 0 Å². The van der Waals surface area contributed by atoms with Crippen molar-refractivity contribution in [3.8, 4) is 0 Å². The Hall–Kier alpha value is 0.944. The number of aliphatic hydroxyl groups excluding tert-OH is 1. The zero-order valence-corrected chi connectivity index (χ0v) is 14.3. The van der Waals surface area contributed by atoms with Gasteiger partial charge < -0.3 is 15.2 Å². The number of hydrogen-bond acceptors (Lipinski definition) is 4. The molecule has 2 saturated heterocycles. The molecule has 2 aliphatic heterocycles. The Labute approximate surface area is 122 Å². The molecule has 0 bridgehead atoms. The van der Waals surface area contributed by atoms with Crippen LogP contribution in [-0.4, -0.2) is 34.7 Å². The second-order valence-corrected chi connectivity index (χ2v) is 15.5. The zero-order chi connectivity index (χ0) is 12.5. The molecule has 0 aromatic rings. The van der Waals surface area contributed by atoms with Gasteiger partial charge in [-0.2, -0.15) is 0 Å². The van der Waals surface area contributed by atoms with Crippen LogP contribution in [0, 0.1) is 5.92 Å². The van der Waals surface area contributed by atoms with Gasteiger partial charge >= 0.3 is 55.4 Å². The van der Waals surface area contributed by atoms with E-state index in [1.165, 1.54) is 6.92 Å². The third-order valence-corrected chi connectivity index (χ3v) is 2.88. The Morgan fingerprint density at radius 2 is 2.06 bits per heavy atom. The Kier molecular flexibility index (Phi) is 5.37. The van der Waals surface area contributed by atoms with Gasteiger partial charge in [-0.05, 0) is 13.8 Å². The molecule has 0 saturated carbocycles. The van der Waals surface area contributed by atoms with E-state index in [0.29, 0.717) is 9.47 Å². The summed E-state index contributed by atoms with van der Waals surface area (Å²) < 4.78 is 4.83. The van der Waals surface area contributed by atoms with Crippen LogP contribution in [0.4, 0.5) is 0 Å². The summed E-state index contributed by atoms with van der Waals surface area (Å²) in [6, 6.07) is 0. The molecule has 2 heterocycles. The number of fused-ring (bicyclic) bond motifs is 1. The van der Waals surface area contributed by atoms with Crippen molar-refractivity contribution < 1.29 is 28.9 Å². The van der Waals surface area contributed by atoms with Crippen molar-refractivity contribution in [2.24, 2.45) is 5.92 Å². The van der Waals surface area contributed by atoms with Crippen molar-refractivity contribution in [3.63, 3.8) is 0 Å². The molecule has 4 atom stereocenters. The fourth-order valence-electron chi connectivity index (χ4n) is 1.95. The quantitative estimate of drug-likeness (QED) is 0.417. The predicted molar refractivity (Wildman–Crippen MR) is 69.6 cm³/mol. The number of carbonyl (C=O) groups is 2. The van der Waals surface area contributed by atoms with Gasteiger partial charge in [0.2, 0.25) is 11.4 Å². The summed E-state index contributed by atoms with van der Waals surface area (Å²) in [5, 5.41) is 11.9. The van der Waals surface area contributed by atoms with E-state index in [9.17, 15) is 14.7 Å². The summed E-state index contributed by atoms with van der Waals surface area (Å²) in [4.78, 5) is 22.4. The first-order valence-electron chi connectivity index (χ1n) is 4.55. The summed E-state index contributed by atoms with van der Waals surface area (Å²) in [6.45, 7) is 3.16. The number of nitrogens with one attached hydrogen (secondary N) is 1. The van der Waals surface area contributed by atoms with Crippen molar-refractivity contribution in [3.05, 3.63) is 0 Å². The van der Waals surface area contributed by atoms with Gasteiger partial charge in [-0.1, -0.05) is 0 Å². The fourth-order valence-corrected chi connectivity index (χ4v) is 1.95. The second-order valence-electron chi connectivity index (χ2n) is 3.71. The normalized spacial score (nSPS) is 37.1. The van der Waals surface area contributed by atoms with Crippen LogP contribution < -0.4 is 5.32 Å². The number of esters is 1. The van der Waals surface area contributed by atoms with E-state index in [0.717, 1.165) is 0 Å². The average molecular weight is 490 g/mol. The molecule has 2 fully saturated rings. The molecule has 0 aliphatic carbocycles. The van der Waals surface area contributed by atoms with Crippen LogP contribution in [0.3, 0.4) is 0 Å². The van der Waals surface area contributed by atoms with Gasteiger partial charge in [0, 0.05) is 0 Å². The third kappa shape index (κ3) is 2.25. The summed E-state index contributed by atoms with van der Waals surface area (Å²) in [5.41, 5.74) is -1.17. The first-order chi connectivity index (χ1) is 7.41. The van der Waals surface area contributed by atoms with E-state index in [2.05, 4.69) is 45.3 Å². The zero-order valence-electron chi connectivity index (χ0n) is 8.61. The van der Waals surface area contributed by atoms with Gasteiger partial charge in [-0.25, -0.2) is 4.79 Å². The van der Waals surface area contributed by atoms with Crippen LogP contribution in [0.2, 0.25) is 0 Å². The molecular formula is C8H11I2NO4V. The first-order valence-corrected chi connectivity index (χ1v) is 13.6. The molecule has 91 valence electrons. The molecule has 2 N–H and O–H groups in total. The van der Waals surface area contributed by atoms with Crippen molar-refractivity contribution in [2.75, 3.05) is 0 Å². The van der Waals surface area contributed by atoms with E-state index in [-0.39, 0.29) is 11.8 Å². The fraction of sp³-hybridized carbons (Fsp3) is 0.750. The maximum atomic E-state index is 11.2. The molecule has 2 rings (SSSR count). The third-order valence-electron chi connectivity index (χ3n) is 2.88. The maximum absolute atomic E-state index is 11.2. The van der Waals surface area contributed by atoms with E-state index >= 15 is 0 Å². The van der Waals surface area contributed by atoms with Gasteiger partial charge in [-0.3, -0.25) is 4.79 Å². The summed E-state index contributed by atoms with van der Waals surface area (Å²) in [6.07, 6.45) is -1.42. The number of rotatable bonds is 1. The molecule has 0 aromatic carbocycles. The van der Waals surface area contributed by atoms with Gasteiger partial charge in [0.15, 0.2) is 0 Å². The van der Waals surface area contributed by atoms with Gasteiger partial charge in [0.1, 0.15) is 6.10 Å². The van der Waals surface area contributed by atoms with Gasteiger partial charge in [0.25, 0.3) is 0 Å². The number of amides is 1. The minimum absolute atomic E-state index is 0.239. The molecule has 2 aliphatic rings. The Morgan fingerprint density at radius 1 is 1.56 bits per heavy atom. The van der Waals surface area contributed by atoms with Crippen molar-refractivity contribution in [1.82, 2.24) is 5.32 Å². The SMILES string of the molecule is CC(O)[C@@]12NC(=O)[C@H](C)[C@@H]1OC2=O.[I][V][I]. The average Bonchev–Trinajstić information content (AvgIpc) is 2.40. The molecule has 1 amide bonds. The Balaban J connectivity index is 0.000000386. The number of carbonyl (C=O) groups excluding carboxylic acids is 2. The number of halogens is 2. The number of ether oxygens (including phenoxy) is 1. The monoisotopic (exact) mass is 490 g/mol. The van der Waals surface area contributed by atoms with Crippen LogP contribution in [-0.2, 0) is 23.8 Å². The molecule has 0 radical (unpaired) electrons. The van der Waals surface area contributed by atoms with Crippen LogP contribution in [0.15, 0.2) is 0 Å². The van der Waals surface area contributed by atoms with Crippen LogP contribution in [0.5, 0.6) is 0 Å². The van der Waals surface area contributed by atoms with Crippen molar-refractivity contribution in [1.29, 1.82) is 0 Å². The molecule has 1 unspecified atom stereocenters.